The number of likely N-dealkylation sites (N-methyl/N-ethyl adjacent to an activating group) is 1. The van der Waals surface area contributed by atoms with Gasteiger partial charge in [0.2, 0.25) is 0 Å². The maximum absolute atomic E-state index is 10.4. The van der Waals surface area contributed by atoms with E-state index in [1.807, 2.05) is 25.2 Å². The lowest BCUT2D eigenvalue weighted by atomic mass is 10.1. The zero-order valence-corrected chi connectivity index (χ0v) is 12.8. The van der Waals surface area contributed by atoms with Crippen LogP contribution in [-0.4, -0.2) is 58.1 Å². The number of ether oxygens (including phenoxy) is 3. The van der Waals surface area contributed by atoms with Crippen molar-refractivity contribution in [1.29, 1.82) is 0 Å². The van der Waals surface area contributed by atoms with Gasteiger partial charge in [-0.25, -0.2) is 0 Å². The molecule has 1 rings (SSSR count). The Morgan fingerprint density at radius 3 is 2.55 bits per heavy atom. The number of hydrogen-bond acceptors (Lipinski definition) is 5. The summed E-state index contributed by atoms with van der Waals surface area (Å²) in [7, 11) is 6.87. The van der Waals surface area contributed by atoms with E-state index >= 15 is 0 Å². The summed E-state index contributed by atoms with van der Waals surface area (Å²) >= 11 is 0. The fraction of sp³-hybridized carbons (Fsp3) is 0.600. The zero-order chi connectivity index (χ0) is 15.0. The SMILES string of the molecule is COCCCN(C)CC(O)c1cc(OC)ccc1OC. The third-order valence-corrected chi connectivity index (χ3v) is 3.17. The van der Waals surface area contributed by atoms with E-state index in [1.54, 1.807) is 21.3 Å². The predicted octanol–water partition coefficient (Wildman–Crippen LogP) is 1.71. The average Bonchev–Trinajstić information content (AvgIpc) is 2.46. The van der Waals surface area contributed by atoms with Gasteiger partial charge in [-0.1, -0.05) is 0 Å². The number of benzene rings is 1. The van der Waals surface area contributed by atoms with Crippen molar-refractivity contribution in [2.45, 2.75) is 12.5 Å². The van der Waals surface area contributed by atoms with Gasteiger partial charge in [-0.2, -0.15) is 0 Å². The molecule has 0 saturated heterocycles. The summed E-state index contributed by atoms with van der Waals surface area (Å²) in [5, 5.41) is 10.4. The van der Waals surface area contributed by atoms with Gasteiger partial charge in [-0.3, -0.25) is 0 Å². The van der Waals surface area contributed by atoms with Crippen molar-refractivity contribution in [2.75, 3.05) is 48.1 Å². The van der Waals surface area contributed by atoms with Crippen molar-refractivity contribution in [3.63, 3.8) is 0 Å². The van der Waals surface area contributed by atoms with Crippen LogP contribution in [0, 0.1) is 0 Å². The third kappa shape index (κ3) is 5.00. The molecule has 0 amide bonds. The van der Waals surface area contributed by atoms with Crippen molar-refractivity contribution in [2.24, 2.45) is 0 Å². The van der Waals surface area contributed by atoms with Gasteiger partial charge in [-0.05, 0) is 31.7 Å². The molecule has 1 atom stereocenters. The standard InChI is InChI=1S/C15H25NO4/c1-16(8-5-9-18-2)11-14(17)13-10-12(19-3)6-7-15(13)20-4/h6-7,10,14,17H,5,8-9,11H2,1-4H3. The normalized spacial score (nSPS) is 12.5. The molecule has 0 aliphatic rings. The van der Waals surface area contributed by atoms with Crippen molar-refractivity contribution in [3.05, 3.63) is 23.8 Å². The highest BCUT2D eigenvalue weighted by Crippen LogP contribution is 2.29. The van der Waals surface area contributed by atoms with Crippen LogP contribution in [0.25, 0.3) is 0 Å². The summed E-state index contributed by atoms with van der Waals surface area (Å²) in [5.74, 6) is 1.38. The van der Waals surface area contributed by atoms with Crippen molar-refractivity contribution >= 4 is 0 Å². The number of rotatable bonds is 9. The van der Waals surface area contributed by atoms with Crippen LogP contribution < -0.4 is 9.47 Å². The summed E-state index contributed by atoms with van der Waals surface area (Å²) in [6.07, 6.45) is 0.321. The smallest absolute Gasteiger partial charge is 0.124 e. The van der Waals surface area contributed by atoms with Gasteiger partial charge in [0.1, 0.15) is 11.5 Å². The lowest BCUT2D eigenvalue weighted by Crippen LogP contribution is -2.26. The molecule has 0 fully saturated rings. The van der Waals surface area contributed by atoms with Gasteiger partial charge in [0.25, 0.3) is 0 Å². The highest BCUT2D eigenvalue weighted by atomic mass is 16.5. The van der Waals surface area contributed by atoms with E-state index in [4.69, 9.17) is 14.2 Å². The Morgan fingerprint density at radius 2 is 1.95 bits per heavy atom. The largest absolute Gasteiger partial charge is 0.497 e. The molecule has 0 saturated carbocycles. The van der Waals surface area contributed by atoms with Crippen LogP contribution in [0.4, 0.5) is 0 Å². The molecule has 0 heterocycles. The first kappa shape index (κ1) is 16.8. The summed E-state index contributed by atoms with van der Waals surface area (Å²) < 4.78 is 15.5. The molecule has 1 unspecified atom stereocenters. The molecule has 0 spiro atoms. The zero-order valence-electron chi connectivity index (χ0n) is 12.8. The number of hydrogen-bond donors (Lipinski definition) is 1. The van der Waals surface area contributed by atoms with Crippen LogP contribution in [0.2, 0.25) is 0 Å². The minimum Gasteiger partial charge on any atom is -0.497 e. The highest BCUT2D eigenvalue weighted by Gasteiger charge is 2.16. The molecular formula is C15H25NO4. The third-order valence-electron chi connectivity index (χ3n) is 3.17. The second-order valence-electron chi connectivity index (χ2n) is 4.73. The first-order chi connectivity index (χ1) is 9.62. The second kappa shape index (κ2) is 8.79. The first-order valence-electron chi connectivity index (χ1n) is 6.69. The molecule has 0 aliphatic heterocycles. The molecule has 5 nitrogen and oxygen atoms in total. The lowest BCUT2D eigenvalue weighted by molar-refractivity contribution is 0.115. The van der Waals surface area contributed by atoms with Crippen LogP contribution in [0.3, 0.4) is 0 Å². The van der Waals surface area contributed by atoms with E-state index in [9.17, 15) is 5.11 Å². The molecule has 114 valence electrons. The molecule has 1 aromatic carbocycles. The Morgan fingerprint density at radius 1 is 1.20 bits per heavy atom. The molecule has 0 aliphatic carbocycles. The van der Waals surface area contributed by atoms with E-state index in [1.165, 1.54) is 0 Å². The Hall–Kier alpha value is -1.30. The molecule has 5 heteroatoms. The van der Waals surface area contributed by atoms with E-state index in [2.05, 4.69) is 4.90 Å². The molecule has 0 aromatic heterocycles. The Labute approximate surface area is 121 Å². The van der Waals surface area contributed by atoms with Crippen LogP contribution in [-0.2, 0) is 4.74 Å². The topological polar surface area (TPSA) is 51.2 Å². The van der Waals surface area contributed by atoms with E-state index < -0.39 is 6.10 Å². The minimum atomic E-state index is -0.618. The monoisotopic (exact) mass is 283 g/mol. The van der Waals surface area contributed by atoms with Crippen molar-refractivity contribution in [1.82, 2.24) is 4.90 Å². The first-order valence-corrected chi connectivity index (χ1v) is 6.69. The molecule has 0 radical (unpaired) electrons. The Balaban J connectivity index is 2.67. The summed E-state index contributed by atoms with van der Waals surface area (Å²) in [5.41, 5.74) is 0.741. The predicted molar refractivity (Wildman–Crippen MR) is 78.5 cm³/mol. The fourth-order valence-electron chi connectivity index (χ4n) is 2.06. The van der Waals surface area contributed by atoms with Gasteiger partial charge in [0.15, 0.2) is 0 Å². The van der Waals surface area contributed by atoms with Gasteiger partial charge in [0, 0.05) is 32.4 Å². The summed E-state index contributed by atoms with van der Waals surface area (Å²) in [4.78, 5) is 2.07. The number of aliphatic hydroxyl groups excluding tert-OH is 1. The molecule has 20 heavy (non-hydrogen) atoms. The quantitative estimate of drug-likeness (QED) is 0.699. The average molecular weight is 283 g/mol. The Bertz CT molecular complexity index is 397. The molecule has 1 N–H and O–H groups in total. The van der Waals surface area contributed by atoms with Gasteiger partial charge in [-0.15, -0.1) is 0 Å². The van der Waals surface area contributed by atoms with Crippen LogP contribution in [0.5, 0.6) is 11.5 Å². The number of methoxy groups -OCH3 is 3. The summed E-state index contributed by atoms with van der Waals surface area (Å²) in [6.45, 7) is 2.13. The summed E-state index contributed by atoms with van der Waals surface area (Å²) in [6, 6.07) is 5.44. The van der Waals surface area contributed by atoms with Crippen LogP contribution in [0.15, 0.2) is 18.2 Å². The van der Waals surface area contributed by atoms with Crippen LogP contribution in [0.1, 0.15) is 18.1 Å². The van der Waals surface area contributed by atoms with E-state index in [0.29, 0.717) is 18.0 Å². The second-order valence-corrected chi connectivity index (χ2v) is 4.73. The molecule has 1 aromatic rings. The maximum atomic E-state index is 10.4. The van der Waals surface area contributed by atoms with Crippen molar-refractivity contribution in [3.8, 4) is 11.5 Å². The maximum Gasteiger partial charge on any atom is 0.124 e. The lowest BCUT2D eigenvalue weighted by Gasteiger charge is -2.22. The van der Waals surface area contributed by atoms with E-state index in [0.717, 1.165) is 25.1 Å². The number of aliphatic hydroxyl groups is 1. The van der Waals surface area contributed by atoms with Gasteiger partial charge >= 0.3 is 0 Å². The van der Waals surface area contributed by atoms with E-state index in [-0.39, 0.29) is 0 Å². The minimum absolute atomic E-state index is 0.535. The Kier molecular flexibility index (Phi) is 7.36. The highest BCUT2D eigenvalue weighted by molar-refractivity contribution is 5.41. The van der Waals surface area contributed by atoms with Gasteiger partial charge in [0.05, 0.1) is 20.3 Å². The van der Waals surface area contributed by atoms with Gasteiger partial charge < -0.3 is 24.2 Å². The number of nitrogens with zero attached hydrogens (tertiary/aromatic N) is 1. The molecule has 0 bridgehead atoms. The fourth-order valence-corrected chi connectivity index (χ4v) is 2.06. The molecular weight excluding hydrogens is 258 g/mol. The van der Waals surface area contributed by atoms with Crippen molar-refractivity contribution < 1.29 is 19.3 Å². The van der Waals surface area contributed by atoms with Crippen LogP contribution >= 0.6 is 0 Å².